The molecule has 0 atom stereocenters. The van der Waals surface area contributed by atoms with Crippen LogP contribution in [0.15, 0.2) is 18.2 Å². The smallest absolute Gasteiger partial charge is 0.335 e. The van der Waals surface area contributed by atoms with Gasteiger partial charge in [0.25, 0.3) is 11.6 Å². The number of carboxylic acid groups (broad SMARTS) is 1. The zero-order valence-corrected chi connectivity index (χ0v) is 9.21. The molecular weight excluding hydrogens is 228 g/mol. The minimum atomic E-state index is -1.28. The lowest BCUT2D eigenvalue weighted by molar-refractivity contribution is -0.385. The Morgan fingerprint density at radius 2 is 1.94 bits per heavy atom. The fraction of sp³-hybridized carbons (Fsp3) is 0.200. The minimum Gasteiger partial charge on any atom is -0.478 e. The van der Waals surface area contributed by atoms with E-state index in [-0.39, 0.29) is 11.1 Å². The van der Waals surface area contributed by atoms with Crippen LogP contribution in [-0.2, 0) is 0 Å². The summed E-state index contributed by atoms with van der Waals surface area (Å²) in [5.74, 6) is -1.83. The van der Waals surface area contributed by atoms with E-state index in [1.807, 2.05) is 0 Å². The molecule has 0 bridgehead atoms. The first-order chi connectivity index (χ1) is 7.84. The number of carbonyl (C=O) groups excluding carboxylic acids is 1. The summed E-state index contributed by atoms with van der Waals surface area (Å²) in [5.41, 5.74) is -0.874. The highest BCUT2D eigenvalue weighted by Crippen LogP contribution is 2.21. The van der Waals surface area contributed by atoms with Gasteiger partial charge in [-0.2, -0.15) is 0 Å². The first-order valence-electron chi connectivity index (χ1n) is 4.58. The number of amides is 1. The van der Waals surface area contributed by atoms with Crippen LogP contribution < -0.4 is 0 Å². The summed E-state index contributed by atoms with van der Waals surface area (Å²) in [6, 6.07) is 3.18. The van der Waals surface area contributed by atoms with Gasteiger partial charge < -0.3 is 10.0 Å². The number of hydrogen-bond donors (Lipinski definition) is 1. The molecule has 7 heteroatoms. The van der Waals surface area contributed by atoms with Gasteiger partial charge >= 0.3 is 5.97 Å². The molecule has 7 nitrogen and oxygen atoms in total. The van der Waals surface area contributed by atoms with E-state index in [2.05, 4.69) is 0 Å². The van der Waals surface area contributed by atoms with Gasteiger partial charge in [-0.1, -0.05) is 0 Å². The van der Waals surface area contributed by atoms with Gasteiger partial charge in [0, 0.05) is 20.2 Å². The van der Waals surface area contributed by atoms with Crippen LogP contribution in [0.4, 0.5) is 5.69 Å². The Labute approximate surface area is 96.4 Å². The van der Waals surface area contributed by atoms with E-state index in [9.17, 15) is 19.7 Å². The van der Waals surface area contributed by atoms with Gasteiger partial charge in [-0.05, 0) is 12.1 Å². The second-order valence-corrected chi connectivity index (χ2v) is 3.49. The van der Waals surface area contributed by atoms with Crippen molar-refractivity contribution in [2.75, 3.05) is 14.1 Å². The minimum absolute atomic E-state index is 0.134. The molecular formula is C10H10N2O5. The van der Waals surface area contributed by atoms with Crippen LogP contribution in [0.2, 0.25) is 0 Å². The first-order valence-corrected chi connectivity index (χ1v) is 4.58. The number of carbonyl (C=O) groups is 2. The van der Waals surface area contributed by atoms with E-state index in [0.29, 0.717) is 0 Å². The van der Waals surface area contributed by atoms with Crippen molar-refractivity contribution in [1.29, 1.82) is 0 Å². The van der Waals surface area contributed by atoms with E-state index >= 15 is 0 Å². The van der Waals surface area contributed by atoms with Crippen molar-refractivity contribution in [2.45, 2.75) is 0 Å². The zero-order chi connectivity index (χ0) is 13.2. The van der Waals surface area contributed by atoms with Gasteiger partial charge in [-0.3, -0.25) is 14.9 Å². The molecule has 0 aliphatic carbocycles. The molecule has 1 aromatic rings. The van der Waals surface area contributed by atoms with Gasteiger partial charge in [-0.15, -0.1) is 0 Å². The molecule has 0 saturated carbocycles. The third-order valence-electron chi connectivity index (χ3n) is 2.08. The van der Waals surface area contributed by atoms with Crippen molar-refractivity contribution < 1.29 is 19.6 Å². The number of nitro groups is 1. The Kier molecular flexibility index (Phi) is 3.42. The molecule has 1 aromatic carbocycles. The Hall–Kier alpha value is -2.44. The maximum atomic E-state index is 11.6. The summed E-state index contributed by atoms with van der Waals surface area (Å²) in [6.45, 7) is 0. The molecule has 90 valence electrons. The number of hydrogen-bond acceptors (Lipinski definition) is 4. The molecule has 0 saturated heterocycles. The van der Waals surface area contributed by atoms with Gasteiger partial charge in [-0.25, -0.2) is 4.79 Å². The number of rotatable bonds is 3. The number of nitro benzene ring substituents is 1. The molecule has 1 amide bonds. The normalized spacial score (nSPS) is 9.76. The molecule has 0 unspecified atom stereocenters. The summed E-state index contributed by atoms with van der Waals surface area (Å²) < 4.78 is 0. The van der Waals surface area contributed by atoms with Crippen LogP contribution >= 0.6 is 0 Å². The predicted octanol–water partition coefficient (Wildman–Crippen LogP) is 0.995. The number of benzene rings is 1. The van der Waals surface area contributed by atoms with Crippen molar-refractivity contribution in [3.8, 4) is 0 Å². The summed E-state index contributed by atoms with van der Waals surface area (Å²) >= 11 is 0. The SMILES string of the molecule is CN(C)C(=O)c1ccc(C(=O)O)cc1[N+](=O)[O-]. The Morgan fingerprint density at radius 1 is 1.35 bits per heavy atom. The maximum Gasteiger partial charge on any atom is 0.335 e. The fourth-order valence-electron chi connectivity index (χ4n) is 1.24. The molecule has 0 spiro atoms. The third kappa shape index (κ3) is 2.57. The molecule has 0 heterocycles. The van der Waals surface area contributed by atoms with E-state index in [1.165, 1.54) is 19.0 Å². The third-order valence-corrected chi connectivity index (χ3v) is 2.08. The second-order valence-electron chi connectivity index (χ2n) is 3.49. The van der Waals surface area contributed by atoms with Gasteiger partial charge in [0.05, 0.1) is 10.5 Å². The lowest BCUT2D eigenvalue weighted by Gasteiger charge is -2.10. The number of carboxylic acids is 1. The lowest BCUT2D eigenvalue weighted by atomic mass is 10.1. The second kappa shape index (κ2) is 4.60. The molecule has 1 N–H and O–H groups in total. The van der Waals surface area contributed by atoms with Crippen LogP contribution in [0.25, 0.3) is 0 Å². The van der Waals surface area contributed by atoms with Gasteiger partial charge in [0.15, 0.2) is 0 Å². The molecule has 0 fully saturated rings. The van der Waals surface area contributed by atoms with Crippen molar-refractivity contribution in [3.05, 3.63) is 39.4 Å². The molecule has 0 radical (unpaired) electrons. The fourth-order valence-corrected chi connectivity index (χ4v) is 1.24. The van der Waals surface area contributed by atoms with Crippen LogP contribution in [0.1, 0.15) is 20.7 Å². The monoisotopic (exact) mass is 238 g/mol. The summed E-state index contributed by atoms with van der Waals surface area (Å²) in [6.07, 6.45) is 0. The van der Waals surface area contributed by atoms with Crippen molar-refractivity contribution in [3.63, 3.8) is 0 Å². The summed E-state index contributed by atoms with van der Waals surface area (Å²) in [4.78, 5) is 33.5. The number of aromatic carboxylic acids is 1. The van der Waals surface area contributed by atoms with E-state index in [0.717, 1.165) is 18.2 Å². The highest BCUT2D eigenvalue weighted by atomic mass is 16.6. The Balaban J connectivity index is 3.37. The average Bonchev–Trinajstić information content (AvgIpc) is 2.26. The summed E-state index contributed by atoms with van der Waals surface area (Å²) in [5, 5.41) is 19.5. The van der Waals surface area contributed by atoms with E-state index in [4.69, 9.17) is 5.11 Å². The van der Waals surface area contributed by atoms with Crippen LogP contribution in [0.3, 0.4) is 0 Å². The molecule has 1 rings (SSSR count). The van der Waals surface area contributed by atoms with Crippen molar-refractivity contribution in [2.24, 2.45) is 0 Å². The number of nitrogens with zero attached hydrogens (tertiary/aromatic N) is 2. The van der Waals surface area contributed by atoms with Gasteiger partial charge in [0.2, 0.25) is 0 Å². The average molecular weight is 238 g/mol. The maximum absolute atomic E-state index is 11.6. The quantitative estimate of drug-likeness (QED) is 0.625. The molecule has 17 heavy (non-hydrogen) atoms. The van der Waals surface area contributed by atoms with Crippen molar-refractivity contribution in [1.82, 2.24) is 4.90 Å². The molecule has 0 aliphatic rings. The lowest BCUT2D eigenvalue weighted by Crippen LogP contribution is -2.22. The predicted molar refractivity (Wildman–Crippen MR) is 58.1 cm³/mol. The van der Waals surface area contributed by atoms with E-state index < -0.39 is 22.5 Å². The van der Waals surface area contributed by atoms with E-state index in [1.54, 1.807) is 0 Å². The van der Waals surface area contributed by atoms with Gasteiger partial charge in [0.1, 0.15) is 5.56 Å². The molecule has 0 aliphatic heterocycles. The Morgan fingerprint density at radius 3 is 2.35 bits per heavy atom. The van der Waals surface area contributed by atoms with Crippen molar-refractivity contribution >= 4 is 17.6 Å². The standard InChI is InChI=1S/C10H10N2O5/c1-11(2)9(13)7-4-3-6(10(14)15)5-8(7)12(16)17/h3-5H,1-2H3,(H,14,15). The largest absolute Gasteiger partial charge is 0.478 e. The molecule has 0 aromatic heterocycles. The zero-order valence-electron chi connectivity index (χ0n) is 9.21. The highest BCUT2D eigenvalue weighted by Gasteiger charge is 2.23. The first kappa shape index (κ1) is 12.6. The van der Waals surface area contributed by atoms with Crippen LogP contribution in [0.5, 0.6) is 0 Å². The van der Waals surface area contributed by atoms with Crippen LogP contribution in [0, 0.1) is 10.1 Å². The Bertz CT molecular complexity index is 495. The van der Waals surface area contributed by atoms with Crippen LogP contribution in [-0.4, -0.2) is 40.9 Å². The highest BCUT2D eigenvalue weighted by molar-refractivity contribution is 5.99. The topological polar surface area (TPSA) is 101 Å². The summed E-state index contributed by atoms with van der Waals surface area (Å²) in [7, 11) is 2.91.